The standard InChI is InChI=1S/C16H16FN3O2S/c1-22-10-11-6-8-12(9-7-11)15(21)19-20-16(23)18-14-5-3-2-4-13(14)17/h2-9H,10H2,1H3,(H,19,21)(H2,18,20,23). The number of para-hydroxylation sites is 1. The fraction of sp³-hybridized carbons (Fsp3) is 0.125. The van der Waals surface area contributed by atoms with E-state index in [0.717, 1.165) is 5.56 Å². The molecule has 0 aliphatic carbocycles. The number of nitrogens with one attached hydrogen (secondary N) is 3. The van der Waals surface area contributed by atoms with Crippen LogP contribution in [0.4, 0.5) is 10.1 Å². The highest BCUT2D eigenvalue weighted by Gasteiger charge is 2.07. The van der Waals surface area contributed by atoms with Gasteiger partial charge in [-0.25, -0.2) is 4.39 Å². The first-order valence-corrected chi connectivity index (χ1v) is 7.20. The van der Waals surface area contributed by atoms with Crippen molar-refractivity contribution in [2.75, 3.05) is 12.4 Å². The Labute approximate surface area is 138 Å². The molecule has 120 valence electrons. The second-order valence-electron chi connectivity index (χ2n) is 4.64. The average molecular weight is 333 g/mol. The van der Waals surface area contributed by atoms with Gasteiger partial charge in [0.05, 0.1) is 12.3 Å². The molecule has 23 heavy (non-hydrogen) atoms. The van der Waals surface area contributed by atoms with Crippen molar-refractivity contribution in [2.24, 2.45) is 0 Å². The van der Waals surface area contributed by atoms with Crippen LogP contribution >= 0.6 is 12.2 Å². The maximum Gasteiger partial charge on any atom is 0.269 e. The van der Waals surface area contributed by atoms with E-state index < -0.39 is 5.82 Å². The number of ether oxygens (including phenoxy) is 1. The van der Waals surface area contributed by atoms with Crippen molar-refractivity contribution in [1.82, 2.24) is 10.9 Å². The molecule has 1 amide bonds. The summed E-state index contributed by atoms with van der Waals surface area (Å²) < 4.78 is 18.5. The molecule has 0 atom stereocenters. The lowest BCUT2D eigenvalue weighted by Gasteiger charge is -2.12. The van der Waals surface area contributed by atoms with Gasteiger partial charge in [-0.05, 0) is 42.0 Å². The first-order chi connectivity index (χ1) is 11.1. The molecule has 7 heteroatoms. The van der Waals surface area contributed by atoms with Crippen LogP contribution in [0.3, 0.4) is 0 Å². The van der Waals surface area contributed by atoms with E-state index in [2.05, 4.69) is 16.2 Å². The smallest absolute Gasteiger partial charge is 0.269 e. The molecule has 2 aromatic carbocycles. The quantitative estimate of drug-likeness (QED) is 0.593. The lowest BCUT2D eigenvalue weighted by Crippen LogP contribution is -2.43. The number of hydrogen-bond donors (Lipinski definition) is 3. The third-order valence-corrected chi connectivity index (χ3v) is 3.14. The summed E-state index contributed by atoms with van der Waals surface area (Å²) in [5.74, 6) is -0.789. The lowest BCUT2D eigenvalue weighted by atomic mass is 10.1. The number of amides is 1. The summed E-state index contributed by atoms with van der Waals surface area (Å²) in [4.78, 5) is 12.0. The maximum atomic E-state index is 13.5. The van der Waals surface area contributed by atoms with E-state index in [1.807, 2.05) is 0 Å². The van der Waals surface area contributed by atoms with Gasteiger partial charge in [0.2, 0.25) is 0 Å². The molecule has 0 heterocycles. The zero-order valence-corrected chi connectivity index (χ0v) is 13.2. The first-order valence-electron chi connectivity index (χ1n) is 6.80. The number of halogens is 1. The van der Waals surface area contributed by atoms with Gasteiger partial charge < -0.3 is 10.1 Å². The van der Waals surface area contributed by atoms with Gasteiger partial charge in [-0.3, -0.25) is 15.6 Å². The Balaban J connectivity index is 1.86. The molecule has 0 aliphatic heterocycles. The first kappa shape index (κ1) is 16.9. The van der Waals surface area contributed by atoms with Crippen molar-refractivity contribution in [3.05, 3.63) is 65.5 Å². The van der Waals surface area contributed by atoms with E-state index in [0.29, 0.717) is 12.2 Å². The molecule has 0 spiro atoms. The number of anilines is 1. The number of methoxy groups -OCH3 is 1. The highest BCUT2D eigenvalue weighted by atomic mass is 32.1. The molecule has 0 aliphatic rings. The van der Waals surface area contributed by atoms with Crippen LogP contribution in [0.1, 0.15) is 15.9 Å². The third-order valence-electron chi connectivity index (χ3n) is 2.94. The van der Waals surface area contributed by atoms with Crippen LogP contribution in [0.2, 0.25) is 0 Å². The molecule has 2 aromatic rings. The number of carbonyl (C=O) groups is 1. The van der Waals surface area contributed by atoms with Gasteiger partial charge in [0, 0.05) is 12.7 Å². The van der Waals surface area contributed by atoms with Crippen LogP contribution in [-0.2, 0) is 11.3 Å². The highest BCUT2D eigenvalue weighted by Crippen LogP contribution is 2.11. The molecule has 5 nitrogen and oxygen atoms in total. The number of hydrazine groups is 1. The van der Waals surface area contributed by atoms with Crippen LogP contribution < -0.4 is 16.2 Å². The molecular weight excluding hydrogens is 317 g/mol. The Morgan fingerprint density at radius 3 is 2.48 bits per heavy atom. The Bertz CT molecular complexity index is 692. The van der Waals surface area contributed by atoms with Crippen molar-refractivity contribution in [3.63, 3.8) is 0 Å². The second-order valence-corrected chi connectivity index (χ2v) is 5.05. The Morgan fingerprint density at radius 2 is 1.83 bits per heavy atom. The van der Waals surface area contributed by atoms with Crippen LogP contribution in [0.15, 0.2) is 48.5 Å². The molecular formula is C16H16FN3O2S. The van der Waals surface area contributed by atoms with Crippen LogP contribution in [0.25, 0.3) is 0 Å². The second kappa shape index (κ2) is 8.21. The Kier molecular flexibility index (Phi) is 6.02. The Morgan fingerprint density at radius 1 is 1.13 bits per heavy atom. The van der Waals surface area contributed by atoms with Gasteiger partial charge in [-0.1, -0.05) is 24.3 Å². The van der Waals surface area contributed by atoms with E-state index in [9.17, 15) is 9.18 Å². The van der Waals surface area contributed by atoms with Crippen molar-refractivity contribution < 1.29 is 13.9 Å². The molecule has 0 aromatic heterocycles. The molecule has 0 fully saturated rings. The third kappa shape index (κ3) is 5.01. The normalized spacial score (nSPS) is 10.0. The summed E-state index contributed by atoms with van der Waals surface area (Å²) in [7, 11) is 1.61. The number of carbonyl (C=O) groups excluding carboxylic acids is 1. The molecule has 0 unspecified atom stereocenters. The fourth-order valence-electron chi connectivity index (χ4n) is 1.82. The minimum atomic E-state index is -0.434. The average Bonchev–Trinajstić information content (AvgIpc) is 2.56. The minimum Gasteiger partial charge on any atom is -0.380 e. The predicted octanol–water partition coefficient (Wildman–Crippen LogP) is 2.60. The van der Waals surface area contributed by atoms with E-state index in [-0.39, 0.29) is 16.7 Å². The van der Waals surface area contributed by atoms with Gasteiger partial charge in [-0.15, -0.1) is 0 Å². The van der Waals surface area contributed by atoms with Crippen molar-refractivity contribution in [1.29, 1.82) is 0 Å². The highest BCUT2D eigenvalue weighted by molar-refractivity contribution is 7.80. The van der Waals surface area contributed by atoms with E-state index >= 15 is 0 Å². The number of rotatable bonds is 4. The van der Waals surface area contributed by atoms with Gasteiger partial charge in [-0.2, -0.15) is 0 Å². The zero-order valence-electron chi connectivity index (χ0n) is 12.4. The fourth-order valence-corrected chi connectivity index (χ4v) is 1.98. The summed E-state index contributed by atoms with van der Waals surface area (Å²) in [6, 6.07) is 13.1. The van der Waals surface area contributed by atoms with Gasteiger partial charge >= 0.3 is 0 Å². The molecule has 0 radical (unpaired) electrons. The van der Waals surface area contributed by atoms with Gasteiger partial charge in [0.25, 0.3) is 5.91 Å². The minimum absolute atomic E-state index is 0.0828. The molecule has 2 rings (SSSR count). The van der Waals surface area contributed by atoms with Crippen LogP contribution in [0.5, 0.6) is 0 Å². The van der Waals surface area contributed by atoms with E-state index in [1.54, 1.807) is 49.6 Å². The largest absolute Gasteiger partial charge is 0.380 e. The van der Waals surface area contributed by atoms with Crippen LogP contribution in [0, 0.1) is 5.82 Å². The summed E-state index contributed by atoms with van der Waals surface area (Å²) in [6.07, 6.45) is 0. The SMILES string of the molecule is COCc1ccc(C(=O)NNC(=S)Nc2ccccc2F)cc1. The Hall–Kier alpha value is -2.51. The lowest BCUT2D eigenvalue weighted by molar-refractivity contribution is 0.0944. The van der Waals surface area contributed by atoms with Crippen molar-refractivity contribution in [3.8, 4) is 0 Å². The topological polar surface area (TPSA) is 62.4 Å². The summed E-state index contributed by atoms with van der Waals surface area (Å²) in [5.41, 5.74) is 6.62. The van der Waals surface area contributed by atoms with E-state index in [4.69, 9.17) is 17.0 Å². The predicted molar refractivity (Wildman–Crippen MR) is 90.4 cm³/mol. The van der Waals surface area contributed by atoms with Gasteiger partial charge in [0.1, 0.15) is 5.82 Å². The number of benzene rings is 2. The summed E-state index contributed by atoms with van der Waals surface area (Å²) in [5, 5.41) is 2.74. The monoisotopic (exact) mass is 333 g/mol. The summed E-state index contributed by atoms with van der Waals surface area (Å²) >= 11 is 5.00. The van der Waals surface area contributed by atoms with Crippen molar-refractivity contribution in [2.45, 2.75) is 6.61 Å². The zero-order chi connectivity index (χ0) is 16.7. The number of hydrogen-bond acceptors (Lipinski definition) is 3. The van der Waals surface area contributed by atoms with E-state index in [1.165, 1.54) is 6.07 Å². The maximum absolute atomic E-state index is 13.5. The molecule has 0 bridgehead atoms. The van der Waals surface area contributed by atoms with Crippen molar-refractivity contribution >= 4 is 28.9 Å². The molecule has 0 saturated carbocycles. The molecule has 0 saturated heterocycles. The van der Waals surface area contributed by atoms with Crippen LogP contribution in [-0.4, -0.2) is 18.1 Å². The van der Waals surface area contributed by atoms with Gasteiger partial charge in [0.15, 0.2) is 5.11 Å². The summed E-state index contributed by atoms with van der Waals surface area (Å²) in [6.45, 7) is 0.483. The number of thiocarbonyl (C=S) groups is 1. The molecule has 3 N–H and O–H groups in total.